The van der Waals surface area contributed by atoms with Crippen LogP contribution < -0.4 is 21.9 Å². The first-order valence-electron chi connectivity index (χ1n) is 7.65. The van der Waals surface area contributed by atoms with E-state index in [-0.39, 0.29) is 22.9 Å². The quantitative estimate of drug-likeness (QED) is 0.718. The molecule has 0 spiro atoms. The van der Waals surface area contributed by atoms with E-state index >= 15 is 0 Å². The van der Waals surface area contributed by atoms with Gasteiger partial charge in [0.05, 0.1) is 16.8 Å². The minimum atomic E-state index is -0.634. The number of imide groups is 1. The van der Waals surface area contributed by atoms with Gasteiger partial charge in [-0.25, -0.2) is 0 Å². The fourth-order valence-corrected chi connectivity index (χ4v) is 2.76. The van der Waals surface area contributed by atoms with Crippen molar-refractivity contribution >= 4 is 29.2 Å². The molecule has 0 unspecified atom stereocenters. The molecule has 0 saturated heterocycles. The van der Waals surface area contributed by atoms with Crippen molar-refractivity contribution in [1.82, 2.24) is 9.88 Å². The Kier molecular flexibility index (Phi) is 3.88. The van der Waals surface area contributed by atoms with Gasteiger partial charge in [0.2, 0.25) is 5.91 Å². The number of nitrogens with one attached hydrogen (secondary N) is 2. The number of hydrogen-bond acceptors (Lipinski definition) is 5. The van der Waals surface area contributed by atoms with Gasteiger partial charge >= 0.3 is 0 Å². The molecule has 2 heterocycles. The third-order valence-corrected chi connectivity index (χ3v) is 4.00. The van der Waals surface area contributed by atoms with E-state index in [0.717, 1.165) is 6.07 Å². The number of carbonyl (C=O) groups is 3. The van der Waals surface area contributed by atoms with Crippen molar-refractivity contribution in [3.8, 4) is 5.69 Å². The van der Waals surface area contributed by atoms with Gasteiger partial charge in [0.25, 0.3) is 17.4 Å². The number of amides is 3. The molecule has 2 aromatic rings. The first kappa shape index (κ1) is 16.4. The second kappa shape index (κ2) is 5.90. The van der Waals surface area contributed by atoms with Crippen molar-refractivity contribution in [2.75, 3.05) is 11.1 Å². The number of nitrogens with two attached hydrogens (primary N) is 1. The summed E-state index contributed by atoms with van der Waals surface area (Å²) in [5.74, 6) is -1.49. The van der Waals surface area contributed by atoms with Gasteiger partial charge in [-0.15, -0.1) is 0 Å². The fraction of sp³-hybridized carbons (Fsp3) is 0.176. The summed E-state index contributed by atoms with van der Waals surface area (Å²) < 4.78 is 1.18. The zero-order valence-corrected chi connectivity index (χ0v) is 13.7. The first-order valence-corrected chi connectivity index (χ1v) is 7.65. The smallest absolute Gasteiger partial charge is 0.262 e. The molecule has 1 aromatic carbocycles. The van der Waals surface area contributed by atoms with Crippen LogP contribution in [0, 0.1) is 6.92 Å². The van der Waals surface area contributed by atoms with Crippen LogP contribution >= 0.6 is 0 Å². The van der Waals surface area contributed by atoms with E-state index in [9.17, 15) is 19.2 Å². The van der Waals surface area contributed by atoms with Crippen LogP contribution in [-0.2, 0) is 4.79 Å². The predicted molar refractivity (Wildman–Crippen MR) is 91.9 cm³/mol. The summed E-state index contributed by atoms with van der Waals surface area (Å²) in [6.07, 6.45) is 0.348. The lowest BCUT2D eigenvalue weighted by Gasteiger charge is -2.15. The van der Waals surface area contributed by atoms with E-state index in [1.807, 2.05) is 0 Å². The monoisotopic (exact) mass is 340 g/mol. The summed E-state index contributed by atoms with van der Waals surface area (Å²) in [5, 5.41) is 4.85. The standard InChI is InChI=1S/C17H16N4O4/c1-3-12(22)19-9-4-5-11(8(2)6-9)21-13(23)7-10-14(15(21)18)17(25)20-16(10)24/h4-7H,3,18H2,1-2H3,(H,19,22)(H,20,24,25). The lowest BCUT2D eigenvalue weighted by Crippen LogP contribution is -2.24. The molecule has 8 nitrogen and oxygen atoms in total. The average molecular weight is 340 g/mol. The maximum absolute atomic E-state index is 12.4. The highest BCUT2D eigenvalue weighted by Gasteiger charge is 2.32. The largest absolute Gasteiger partial charge is 0.384 e. The molecule has 1 aliphatic rings. The molecule has 3 amide bonds. The molecule has 0 saturated carbocycles. The van der Waals surface area contributed by atoms with Crippen molar-refractivity contribution in [3.63, 3.8) is 0 Å². The first-order chi connectivity index (χ1) is 11.8. The Hall–Kier alpha value is -3.42. The topological polar surface area (TPSA) is 123 Å². The number of fused-ring (bicyclic) bond motifs is 1. The minimum Gasteiger partial charge on any atom is -0.384 e. The van der Waals surface area contributed by atoms with Crippen LogP contribution in [-0.4, -0.2) is 22.3 Å². The second-order valence-corrected chi connectivity index (χ2v) is 5.68. The van der Waals surface area contributed by atoms with E-state index in [0.29, 0.717) is 23.4 Å². The lowest BCUT2D eigenvalue weighted by molar-refractivity contribution is -0.115. The van der Waals surface area contributed by atoms with Crippen LogP contribution in [0.3, 0.4) is 0 Å². The summed E-state index contributed by atoms with van der Waals surface area (Å²) in [7, 11) is 0. The van der Waals surface area contributed by atoms with Gasteiger partial charge in [0.15, 0.2) is 0 Å². The summed E-state index contributed by atoms with van der Waals surface area (Å²) in [5.41, 5.74) is 7.19. The molecule has 8 heteroatoms. The van der Waals surface area contributed by atoms with Gasteiger partial charge in [-0.3, -0.25) is 29.1 Å². The minimum absolute atomic E-state index is 0.00707. The molecule has 3 rings (SSSR count). The number of carbonyl (C=O) groups excluding carboxylic acids is 3. The Bertz CT molecular complexity index is 991. The normalized spacial score (nSPS) is 12.7. The number of aromatic nitrogens is 1. The Morgan fingerprint density at radius 3 is 2.56 bits per heavy atom. The Labute approximate surface area is 142 Å². The number of rotatable bonds is 3. The molecule has 128 valence electrons. The van der Waals surface area contributed by atoms with Crippen molar-refractivity contribution in [2.45, 2.75) is 20.3 Å². The maximum Gasteiger partial charge on any atom is 0.262 e. The van der Waals surface area contributed by atoms with Gasteiger partial charge in [0, 0.05) is 18.2 Å². The highest BCUT2D eigenvalue weighted by Crippen LogP contribution is 2.25. The predicted octanol–water partition coefficient (Wildman–Crippen LogP) is 0.960. The van der Waals surface area contributed by atoms with Gasteiger partial charge < -0.3 is 11.1 Å². The highest BCUT2D eigenvalue weighted by atomic mass is 16.2. The highest BCUT2D eigenvalue weighted by molar-refractivity contribution is 6.23. The Morgan fingerprint density at radius 1 is 1.20 bits per heavy atom. The van der Waals surface area contributed by atoms with Gasteiger partial charge in [-0.1, -0.05) is 6.92 Å². The van der Waals surface area contributed by atoms with Crippen LogP contribution in [0.25, 0.3) is 5.69 Å². The number of anilines is 2. The Morgan fingerprint density at radius 2 is 1.92 bits per heavy atom. The molecule has 0 bridgehead atoms. The summed E-state index contributed by atoms with van der Waals surface area (Å²) in [6.45, 7) is 3.50. The molecule has 1 aromatic heterocycles. The van der Waals surface area contributed by atoms with Crippen molar-refractivity contribution in [1.29, 1.82) is 0 Å². The van der Waals surface area contributed by atoms with Crippen LogP contribution in [0.5, 0.6) is 0 Å². The van der Waals surface area contributed by atoms with Crippen LogP contribution in [0.2, 0.25) is 0 Å². The number of pyridine rings is 1. The third kappa shape index (κ3) is 2.67. The number of hydrogen-bond donors (Lipinski definition) is 3. The second-order valence-electron chi connectivity index (χ2n) is 5.68. The number of nitrogen functional groups attached to an aromatic ring is 1. The molecule has 4 N–H and O–H groups in total. The third-order valence-electron chi connectivity index (χ3n) is 4.00. The van der Waals surface area contributed by atoms with E-state index in [1.165, 1.54) is 4.57 Å². The summed E-state index contributed by atoms with van der Waals surface area (Å²) in [6, 6.07) is 6.06. The van der Waals surface area contributed by atoms with E-state index < -0.39 is 17.4 Å². The van der Waals surface area contributed by atoms with Gasteiger partial charge in [-0.2, -0.15) is 0 Å². The summed E-state index contributed by atoms with van der Waals surface area (Å²) in [4.78, 5) is 47.5. The van der Waals surface area contributed by atoms with E-state index in [1.54, 1.807) is 32.0 Å². The zero-order valence-electron chi connectivity index (χ0n) is 13.7. The molecule has 0 fully saturated rings. The SMILES string of the molecule is CCC(=O)Nc1ccc(-n2c(N)c3c(cc2=O)C(=O)NC3=O)c(C)c1. The average Bonchev–Trinajstić information content (AvgIpc) is 2.83. The Balaban J connectivity index is 2.14. The summed E-state index contributed by atoms with van der Waals surface area (Å²) >= 11 is 0. The van der Waals surface area contributed by atoms with Crippen LogP contribution in [0.4, 0.5) is 11.5 Å². The molecule has 1 aliphatic heterocycles. The molecule has 0 atom stereocenters. The fourth-order valence-electron chi connectivity index (χ4n) is 2.76. The number of benzene rings is 1. The van der Waals surface area contributed by atoms with E-state index in [2.05, 4.69) is 10.6 Å². The lowest BCUT2D eigenvalue weighted by atomic mass is 10.1. The van der Waals surface area contributed by atoms with Gasteiger partial charge in [-0.05, 0) is 30.7 Å². The number of nitrogens with zero attached hydrogens (tertiary/aromatic N) is 1. The van der Waals surface area contributed by atoms with Crippen LogP contribution in [0.15, 0.2) is 29.1 Å². The molecule has 25 heavy (non-hydrogen) atoms. The van der Waals surface area contributed by atoms with Crippen molar-refractivity contribution < 1.29 is 14.4 Å². The molecular weight excluding hydrogens is 324 g/mol. The zero-order chi connectivity index (χ0) is 18.3. The van der Waals surface area contributed by atoms with Crippen molar-refractivity contribution in [3.05, 3.63) is 51.3 Å². The van der Waals surface area contributed by atoms with E-state index in [4.69, 9.17) is 5.73 Å². The maximum atomic E-state index is 12.4. The van der Waals surface area contributed by atoms with Crippen molar-refractivity contribution in [2.24, 2.45) is 0 Å². The molecular formula is C17H16N4O4. The van der Waals surface area contributed by atoms with Crippen LogP contribution in [0.1, 0.15) is 39.6 Å². The number of aryl methyl sites for hydroxylation is 1. The molecule has 0 aliphatic carbocycles. The van der Waals surface area contributed by atoms with Gasteiger partial charge in [0.1, 0.15) is 5.82 Å². The molecule has 0 radical (unpaired) electrons.